The first kappa shape index (κ1) is 20.4. The molecule has 0 spiro atoms. The highest BCUT2D eigenvalue weighted by atomic mass is 16.2. The topological polar surface area (TPSA) is 135 Å². The van der Waals surface area contributed by atoms with Gasteiger partial charge in [0.25, 0.3) is 5.91 Å². The number of nitrogens with one attached hydrogen (secondary N) is 2. The fourth-order valence-corrected chi connectivity index (χ4v) is 1.17. The quantitative estimate of drug-likeness (QED) is 0.422. The van der Waals surface area contributed by atoms with Gasteiger partial charge in [-0.15, -0.1) is 0 Å². The highest BCUT2D eigenvalue weighted by Gasteiger charge is 2.00. The lowest BCUT2D eigenvalue weighted by molar-refractivity contribution is -0.118. The van der Waals surface area contributed by atoms with E-state index in [1.54, 1.807) is 36.7 Å². The van der Waals surface area contributed by atoms with Gasteiger partial charge < -0.3 is 11.5 Å². The number of carbonyl (C=O) groups excluding carboxylic acids is 2. The van der Waals surface area contributed by atoms with Gasteiger partial charge in [-0.2, -0.15) is 10.2 Å². The van der Waals surface area contributed by atoms with Crippen molar-refractivity contribution in [2.75, 3.05) is 13.1 Å². The Morgan fingerprint density at radius 3 is 2.00 bits per heavy atom. The fraction of sp³-hybridized carbons (Fsp3) is 0.333. The van der Waals surface area contributed by atoms with E-state index in [4.69, 9.17) is 11.5 Å². The molecule has 0 unspecified atom stereocenters. The second-order valence-corrected chi connectivity index (χ2v) is 4.25. The Bertz CT molecular complexity index is 502. The molecule has 0 atom stereocenters. The normalized spacial score (nSPS) is 10.2. The van der Waals surface area contributed by atoms with Crippen LogP contribution in [-0.2, 0) is 4.79 Å². The molecule has 1 rings (SSSR count). The van der Waals surface area contributed by atoms with Crippen molar-refractivity contribution in [3.8, 4) is 0 Å². The molecule has 0 aliphatic carbocycles. The number of amides is 2. The molecule has 1 aromatic carbocycles. The number of hydrogen-bond acceptors (Lipinski definition) is 6. The first-order valence-corrected chi connectivity index (χ1v) is 7.17. The molecule has 0 saturated carbocycles. The van der Waals surface area contributed by atoms with Crippen LogP contribution in [0.2, 0.25) is 0 Å². The van der Waals surface area contributed by atoms with Crippen molar-refractivity contribution in [2.24, 2.45) is 21.7 Å². The van der Waals surface area contributed by atoms with E-state index in [1.807, 2.05) is 6.07 Å². The van der Waals surface area contributed by atoms with Gasteiger partial charge in [0.15, 0.2) is 0 Å². The summed E-state index contributed by atoms with van der Waals surface area (Å²) in [5.74, 6) is -0.373. The molecule has 0 fully saturated rings. The van der Waals surface area contributed by atoms with E-state index in [9.17, 15) is 9.59 Å². The molecule has 0 aliphatic heterocycles. The Morgan fingerprint density at radius 2 is 1.52 bits per heavy atom. The molecule has 8 nitrogen and oxygen atoms in total. The summed E-state index contributed by atoms with van der Waals surface area (Å²) in [6.07, 6.45) is 4.51. The molecule has 0 radical (unpaired) electrons. The number of rotatable bonds is 7. The van der Waals surface area contributed by atoms with Crippen LogP contribution >= 0.6 is 0 Å². The molecular formula is C15H24N6O2. The second kappa shape index (κ2) is 14.4. The molecule has 0 aliphatic rings. The fourth-order valence-electron chi connectivity index (χ4n) is 1.17. The van der Waals surface area contributed by atoms with Crippen LogP contribution in [0, 0.1) is 0 Å². The summed E-state index contributed by atoms with van der Waals surface area (Å²) in [5.41, 5.74) is 15.7. The third kappa shape index (κ3) is 12.8. The van der Waals surface area contributed by atoms with E-state index in [2.05, 4.69) is 21.1 Å². The number of nitrogens with two attached hydrogens (primary N) is 2. The van der Waals surface area contributed by atoms with Gasteiger partial charge in [0.05, 0.1) is 0 Å². The number of hydrogen-bond donors (Lipinski definition) is 4. The van der Waals surface area contributed by atoms with Gasteiger partial charge in [-0.25, -0.2) is 10.9 Å². The summed E-state index contributed by atoms with van der Waals surface area (Å²) in [7, 11) is 0. The van der Waals surface area contributed by atoms with Crippen LogP contribution in [-0.4, -0.2) is 37.3 Å². The van der Waals surface area contributed by atoms with Gasteiger partial charge in [-0.1, -0.05) is 18.2 Å². The minimum Gasteiger partial charge on any atom is -0.330 e. The minimum absolute atomic E-state index is 0.164. The van der Waals surface area contributed by atoms with Crippen LogP contribution in [0.25, 0.3) is 0 Å². The average Bonchev–Trinajstić information content (AvgIpc) is 2.57. The Labute approximate surface area is 136 Å². The lowest BCUT2D eigenvalue weighted by Gasteiger charge is -1.97. The molecule has 0 heterocycles. The van der Waals surface area contributed by atoms with Crippen LogP contribution in [0.1, 0.15) is 30.1 Å². The zero-order valence-corrected chi connectivity index (χ0v) is 13.2. The van der Waals surface area contributed by atoms with Crippen molar-refractivity contribution in [2.45, 2.75) is 19.8 Å². The second-order valence-electron chi connectivity index (χ2n) is 4.25. The molecule has 126 valence electrons. The van der Waals surface area contributed by atoms with Crippen LogP contribution < -0.4 is 22.3 Å². The van der Waals surface area contributed by atoms with Gasteiger partial charge in [0, 0.05) is 24.9 Å². The van der Waals surface area contributed by atoms with Crippen molar-refractivity contribution in [1.82, 2.24) is 10.9 Å². The van der Waals surface area contributed by atoms with Crippen LogP contribution in [0.3, 0.4) is 0 Å². The predicted molar refractivity (Wildman–Crippen MR) is 92.1 cm³/mol. The van der Waals surface area contributed by atoms with Gasteiger partial charge in [-0.3, -0.25) is 9.59 Å². The standard InChI is InChI=1S/C10H13N3O.C5H11N3O/c11-7-4-8-12-13-10(14)9-5-2-1-3-6-9;1-5(9)8-7-4-2-3-6/h1-3,5-6,8H,4,7,11H2,(H,13,14);4H,2-3,6H2,1H3,(H,8,9)/b12-8+;7-4+. The van der Waals surface area contributed by atoms with Gasteiger partial charge in [0.1, 0.15) is 0 Å². The Morgan fingerprint density at radius 1 is 1.00 bits per heavy atom. The Hall–Kier alpha value is -2.58. The number of benzene rings is 1. The summed E-state index contributed by atoms with van der Waals surface area (Å²) in [5, 5.41) is 7.29. The first-order chi connectivity index (χ1) is 11.1. The van der Waals surface area contributed by atoms with Crippen LogP contribution in [0.4, 0.5) is 0 Å². The van der Waals surface area contributed by atoms with Crippen molar-refractivity contribution in [1.29, 1.82) is 0 Å². The summed E-state index contributed by atoms with van der Waals surface area (Å²) in [4.78, 5) is 21.5. The number of nitrogens with zero attached hydrogens (tertiary/aromatic N) is 2. The SMILES string of the molecule is CC(=O)N/N=C/CCN.NCC/C=N/NC(=O)c1ccccc1. The molecule has 8 heteroatoms. The maximum atomic E-state index is 11.4. The van der Waals surface area contributed by atoms with E-state index in [0.717, 1.165) is 0 Å². The van der Waals surface area contributed by atoms with Gasteiger partial charge in [-0.05, 0) is 38.1 Å². The highest BCUT2D eigenvalue weighted by molar-refractivity contribution is 5.94. The molecular weight excluding hydrogens is 296 g/mol. The molecule has 0 bridgehead atoms. The van der Waals surface area contributed by atoms with E-state index >= 15 is 0 Å². The van der Waals surface area contributed by atoms with Crippen molar-refractivity contribution in [3.05, 3.63) is 35.9 Å². The van der Waals surface area contributed by atoms with Crippen molar-refractivity contribution >= 4 is 24.2 Å². The van der Waals surface area contributed by atoms with Gasteiger partial charge >= 0.3 is 0 Å². The van der Waals surface area contributed by atoms with Crippen molar-refractivity contribution in [3.63, 3.8) is 0 Å². The Balaban J connectivity index is 0.000000468. The maximum Gasteiger partial charge on any atom is 0.271 e. The predicted octanol–water partition coefficient (Wildman–Crippen LogP) is 0.208. The molecule has 1 aromatic rings. The summed E-state index contributed by atoms with van der Waals surface area (Å²) in [6, 6.07) is 8.92. The Kier molecular flexibility index (Phi) is 12.8. The minimum atomic E-state index is -0.209. The lowest BCUT2D eigenvalue weighted by atomic mass is 10.2. The summed E-state index contributed by atoms with van der Waals surface area (Å²) in [6.45, 7) is 2.49. The maximum absolute atomic E-state index is 11.4. The number of carbonyl (C=O) groups is 2. The summed E-state index contributed by atoms with van der Waals surface area (Å²) < 4.78 is 0. The van der Waals surface area contributed by atoms with Crippen molar-refractivity contribution < 1.29 is 9.59 Å². The first-order valence-electron chi connectivity index (χ1n) is 7.17. The monoisotopic (exact) mass is 320 g/mol. The smallest absolute Gasteiger partial charge is 0.271 e. The average molecular weight is 320 g/mol. The van der Waals surface area contributed by atoms with Crippen LogP contribution in [0.5, 0.6) is 0 Å². The van der Waals surface area contributed by atoms with Gasteiger partial charge in [0.2, 0.25) is 5.91 Å². The van der Waals surface area contributed by atoms with E-state index < -0.39 is 0 Å². The lowest BCUT2D eigenvalue weighted by Crippen LogP contribution is -2.17. The van der Waals surface area contributed by atoms with Crippen LogP contribution in [0.15, 0.2) is 40.5 Å². The third-order valence-electron chi connectivity index (χ3n) is 2.20. The molecule has 0 aromatic heterocycles. The number of hydrazone groups is 2. The molecule has 0 saturated heterocycles. The zero-order chi connectivity index (χ0) is 17.3. The van der Waals surface area contributed by atoms with E-state index in [-0.39, 0.29) is 11.8 Å². The summed E-state index contributed by atoms with van der Waals surface area (Å²) >= 11 is 0. The zero-order valence-electron chi connectivity index (χ0n) is 13.2. The third-order valence-corrected chi connectivity index (χ3v) is 2.20. The molecule has 2 amide bonds. The molecule has 6 N–H and O–H groups in total. The molecule has 23 heavy (non-hydrogen) atoms. The highest BCUT2D eigenvalue weighted by Crippen LogP contribution is 1.97. The largest absolute Gasteiger partial charge is 0.330 e. The van der Waals surface area contributed by atoms with E-state index in [1.165, 1.54) is 6.92 Å². The van der Waals surface area contributed by atoms with E-state index in [0.29, 0.717) is 31.5 Å².